The van der Waals surface area contributed by atoms with Gasteiger partial charge in [0.25, 0.3) is 6.71 Å². The van der Waals surface area contributed by atoms with E-state index >= 15 is 0 Å². The summed E-state index contributed by atoms with van der Waals surface area (Å²) < 4.78 is 23.0. The Labute approximate surface area is 519 Å². The van der Waals surface area contributed by atoms with Crippen LogP contribution in [0.15, 0.2) is 318 Å². The van der Waals surface area contributed by atoms with E-state index in [0.29, 0.717) is 0 Å². The normalized spacial score (nSPS) is 12.5. The highest BCUT2D eigenvalue weighted by atomic mass is 16.5. The molecule has 3 aromatic heterocycles. The van der Waals surface area contributed by atoms with Crippen LogP contribution >= 0.6 is 0 Å². The van der Waals surface area contributed by atoms with Crippen molar-refractivity contribution in [1.82, 2.24) is 4.57 Å². The first-order chi connectivity index (χ1) is 44.6. The molecule has 0 N–H and O–H groups in total. The van der Waals surface area contributed by atoms with E-state index in [1.54, 1.807) is 0 Å². The van der Waals surface area contributed by atoms with E-state index in [9.17, 15) is 0 Å². The molecule has 0 radical (unpaired) electrons. The van der Waals surface area contributed by atoms with Gasteiger partial charge in [0.15, 0.2) is 0 Å². The topological polar surface area (TPSA) is 43.7 Å². The van der Waals surface area contributed by atoms with Crippen molar-refractivity contribution in [1.29, 1.82) is 0 Å². The van der Waals surface area contributed by atoms with E-state index < -0.39 is 0 Å². The Bertz CT molecular complexity index is 5610. The van der Waals surface area contributed by atoms with Gasteiger partial charge < -0.3 is 23.0 Å². The smallest absolute Gasteiger partial charge is 0.256 e. The van der Waals surface area contributed by atoms with Crippen LogP contribution in [0.4, 0.5) is 17.1 Å². The third-order valence-corrected chi connectivity index (χ3v) is 18.9. The molecule has 90 heavy (non-hydrogen) atoms. The Hall–Kier alpha value is -11.9. The zero-order valence-electron chi connectivity index (χ0n) is 48.6. The summed E-state index contributed by atoms with van der Waals surface area (Å²) in [6, 6.07) is 113. The predicted molar refractivity (Wildman–Crippen MR) is 374 cm³/mol. The molecule has 6 heteroatoms. The fourth-order valence-corrected chi connectivity index (χ4v) is 14.7. The number of furan rings is 2. The van der Waals surface area contributed by atoms with Crippen LogP contribution in [0.25, 0.3) is 138 Å². The van der Waals surface area contributed by atoms with Crippen molar-refractivity contribution >= 4 is 106 Å². The van der Waals surface area contributed by atoms with Crippen molar-refractivity contribution in [2.45, 2.75) is 0 Å². The second kappa shape index (κ2) is 19.8. The summed E-state index contributed by atoms with van der Waals surface area (Å²) in [5.41, 5.74) is 26.6. The van der Waals surface area contributed by atoms with E-state index in [1.807, 2.05) is 18.2 Å². The average Bonchev–Trinajstić information content (AvgIpc) is 0.812. The molecular formula is C84H51BN2O3. The van der Waals surface area contributed by atoms with E-state index in [-0.39, 0.29) is 6.71 Å². The minimum Gasteiger partial charge on any atom is -0.458 e. The Morgan fingerprint density at radius 3 is 1.27 bits per heavy atom. The molecule has 418 valence electrons. The van der Waals surface area contributed by atoms with Gasteiger partial charge in [0.2, 0.25) is 0 Å². The van der Waals surface area contributed by atoms with Crippen LogP contribution in [0.5, 0.6) is 11.5 Å². The fourth-order valence-electron chi connectivity index (χ4n) is 14.7. The van der Waals surface area contributed by atoms with Crippen molar-refractivity contribution in [2.24, 2.45) is 0 Å². The van der Waals surface area contributed by atoms with Gasteiger partial charge >= 0.3 is 0 Å². The minimum atomic E-state index is -0.223. The van der Waals surface area contributed by atoms with Crippen molar-refractivity contribution in [3.63, 3.8) is 0 Å². The van der Waals surface area contributed by atoms with Crippen molar-refractivity contribution in [3.8, 4) is 83.9 Å². The number of nitrogens with zero attached hydrogens (tertiary/aromatic N) is 2. The summed E-state index contributed by atoms with van der Waals surface area (Å²) in [6.45, 7) is -0.223. The monoisotopic (exact) mass is 1150 g/mol. The van der Waals surface area contributed by atoms with E-state index in [0.717, 1.165) is 167 Å². The van der Waals surface area contributed by atoms with Crippen LogP contribution in [0.2, 0.25) is 0 Å². The van der Waals surface area contributed by atoms with Gasteiger partial charge in [-0.1, -0.05) is 237 Å². The zero-order valence-corrected chi connectivity index (χ0v) is 48.6. The highest BCUT2D eigenvalue weighted by Gasteiger charge is 2.44. The molecule has 2 aliphatic rings. The Morgan fingerprint density at radius 1 is 0.267 bits per heavy atom. The average molecular weight is 1150 g/mol. The van der Waals surface area contributed by atoms with Gasteiger partial charge in [-0.15, -0.1) is 0 Å². The molecule has 5 nitrogen and oxygen atoms in total. The Kier molecular flexibility index (Phi) is 11.1. The lowest BCUT2D eigenvalue weighted by Crippen LogP contribution is -2.59. The minimum absolute atomic E-state index is 0.223. The summed E-state index contributed by atoms with van der Waals surface area (Å²) in [5.74, 6) is 1.62. The first-order valence-electron chi connectivity index (χ1n) is 30.8. The van der Waals surface area contributed by atoms with Crippen LogP contribution in [0, 0.1) is 0 Å². The Morgan fingerprint density at radius 2 is 0.711 bits per heavy atom. The summed E-state index contributed by atoms with van der Waals surface area (Å²) in [6.07, 6.45) is 0. The number of hydrogen-bond donors (Lipinski definition) is 0. The van der Waals surface area contributed by atoms with Gasteiger partial charge in [-0.25, -0.2) is 0 Å². The summed E-state index contributed by atoms with van der Waals surface area (Å²) >= 11 is 0. The van der Waals surface area contributed by atoms with E-state index in [4.69, 9.17) is 13.6 Å². The summed E-state index contributed by atoms with van der Waals surface area (Å²) in [4.78, 5) is 2.58. The lowest BCUT2D eigenvalue weighted by atomic mass is 9.34. The van der Waals surface area contributed by atoms with Crippen LogP contribution < -0.4 is 26.0 Å². The molecule has 17 aromatic rings. The number of fused-ring (bicyclic) bond motifs is 13. The lowest BCUT2D eigenvalue weighted by molar-refractivity contribution is 0.487. The number of anilines is 3. The quantitative estimate of drug-likeness (QED) is 0.142. The molecule has 0 fully saturated rings. The molecule has 0 spiro atoms. The highest BCUT2D eigenvalue weighted by molar-refractivity contribution is 6.99. The maximum atomic E-state index is 7.70. The van der Waals surface area contributed by atoms with Crippen LogP contribution in [0.1, 0.15) is 0 Å². The van der Waals surface area contributed by atoms with Gasteiger partial charge in [0, 0.05) is 60.9 Å². The van der Waals surface area contributed by atoms with Crippen molar-refractivity contribution in [3.05, 3.63) is 309 Å². The van der Waals surface area contributed by atoms with Crippen LogP contribution in [-0.4, -0.2) is 11.3 Å². The summed E-state index contributed by atoms with van der Waals surface area (Å²) in [5, 5.41) is 6.70. The first kappa shape index (κ1) is 50.3. The first-order valence-corrected chi connectivity index (χ1v) is 30.8. The van der Waals surface area contributed by atoms with Gasteiger partial charge in [0.1, 0.15) is 33.8 Å². The molecule has 0 unspecified atom stereocenters. The molecule has 19 rings (SSSR count). The second-order valence-corrected chi connectivity index (χ2v) is 23.9. The third-order valence-electron chi connectivity index (χ3n) is 18.9. The SMILES string of the molecule is c1ccc(-c2ccc3c4ccc(-c5ccccc5)cc4n(-c4cc5c6c(c4)N(c4c(-c7ccccc7)cccc4-c4ccccc4)c4cc(-c7ccc8oc9ccccc9c8c7)ccc4B6c4ccc(-c6ccc7oc8ccccc8c7c6)cc4O5)c3c2)cc1. The van der Waals surface area contributed by atoms with Crippen LogP contribution in [-0.2, 0) is 0 Å². The number of para-hydroxylation sites is 3. The molecule has 0 amide bonds. The molecule has 0 atom stereocenters. The number of ether oxygens (including phenoxy) is 1. The molecule has 0 aliphatic carbocycles. The van der Waals surface area contributed by atoms with Gasteiger partial charge in [-0.2, -0.15) is 0 Å². The number of benzene rings is 14. The standard InChI is InChI=1S/C84H51BN2O3/c1-5-18-52(19-6-1)58-32-38-65-66-39-33-59(53-20-7-2-8-21-53)47-74(66)86(73(65)46-58)62-50-76-83-82(51-62)90-81-49-61(57-37-43-80-70(45-57)68-27-14-16-31-78(68)89-80)35-41-72(81)85(83)71-40-34-60(56-36-42-79-69(44-56)67-26-13-15-30-77(67)88-79)48-75(71)87(76)84-63(54-22-9-3-10-23-54)28-17-29-64(84)55-24-11-4-12-25-55/h1-51H. The maximum Gasteiger partial charge on any atom is 0.256 e. The second-order valence-electron chi connectivity index (χ2n) is 23.9. The molecule has 14 aromatic carbocycles. The highest BCUT2D eigenvalue weighted by Crippen LogP contribution is 2.51. The number of rotatable bonds is 8. The zero-order chi connectivity index (χ0) is 59.0. The van der Waals surface area contributed by atoms with Crippen molar-refractivity contribution in [2.75, 3.05) is 4.90 Å². The third kappa shape index (κ3) is 7.84. The van der Waals surface area contributed by atoms with E-state index in [2.05, 4.69) is 301 Å². The van der Waals surface area contributed by atoms with Gasteiger partial charge in [-0.05, 0) is 139 Å². The predicted octanol–water partition coefficient (Wildman–Crippen LogP) is 21.0. The summed E-state index contributed by atoms with van der Waals surface area (Å²) in [7, 11) is 0. The van der Waals surface area contributed by atoms with Gasteiger partial charge in [0.05, 0.1) is 22.4 Å². The molecule has 0 saturated carbocycles. The fraction of sp³-hybridized carbons (Fsp3) is 0. The lowest BCUT2D eigenvalue weighted by Gasteiger charge is -2.42. The number of hydrogen-bond acceptors (Lipinski definition) is 4. The molecular weight excluding hydrogens is 1100 g/mol. The van der Waals surface area contributed by atoms with Gasteiger partial charge in [-0.3, -0.25) is 0 Å². The number of aromatic nitrogens is 1. The van der Waals surface area contributed by atoms with Crippen molar-refractivity contribution < 1.29 is 13.6 Å². The van der Waals surface area contributed by atoms with E-state index in [1.165, 1.54) is 16.2 Å². The molecule has 2 aliphatic heterocycles. The largest absolute Gasteiger partial charge is 0.458 e. The maximum absolute atomic E-state index is 7.70. The Balaban J connectivity index is 0.922. The molecule has 0 bridgehead atoms. The van der Waals surface area contributed by atoms with Crippen LogP contribution in [0.3, 0.4) is 0 Å². The molecule has 0 saturated heterocycles. The molecule has 5 heterocycles.